The van der Waals surface area contributed by atoms with E-state index in [2.05, 4.69) is 0 Å². The van der Waals surface area contributed by atoms with E-state index in [1.807, 2.05) is 0 Å². The largest absolute Gasteiger partial charge is 0.328 e. The Kier molecular flexibility index (Phi) is 4.20. The first-order valence-electron chi connectivity index (χ1n) is 6.78. The maximum atomic E-state index is 13.2. The fourth-order valence-corrected chi connectivity index (χ4v) is 2.60. The molecule has 4 heteroatoms. The van der Waals surface area contributed by atoms with Gasteiger partial charge in [-0.25, -0.2) is 4.39 Å². The van der Waals surface area contributed by atoms with Gasteiger partial charge >= 0.3 is 0 Å². The summed E-state index contributed by atoms with van der Waals surface area (Å²) in [7, 11) is 1.75. The molecule has 19 heavy (non-hydrogen) atoms. The van der Waals surface area contributed by atoms with Crippen LogP contribution in [-0.2, 0) is 4.79 Å². The minimum Gasteiger partial charge on any atom is -0.328 e. The second kappa shape index (κ2) is 5.70. The molecule has 1 fully saturated rings. The Morgan fingerprint density at radius 2 is 1.95 bits per heavy atom. The maximum Gasteiger partial charge on any atom is 0.229 e. The Morgan fingerprint density at radius 3 is 2.53 bits per heavy atom. The number of benzene rings is 1. The molecule has 0 aromatic heterocycles. The van der Waals surface area contributed by atoms with Gasteiger partial charge in [-0.2, -0.15) is 0 Å². The van der Waals surface area contributed by atoms with Gasteiger partial charge in [-0.05, 0) is 56.4 Å². The zero-order valence-electron chi connectivity index (χ0n) is 11.5. The highest BCUT2D eigenvalue weighted by atomic mass is 19.1. The molecule has 1 saturated carbocycles. The normalized spacial score (nSPS) is 23.2. The molecule has 1 aliphatic carbocycles. The van der Waals surface area contributed by atoms with Gasteiger partial charge in [-0.15, -0.1) is 0 Å². The van der Waals surface area contributed by atoms with E-state index < -0.39 is 0 Å². The van der Waals surface area contributed by atoms with Crippen molar-refractivity contribution in [2.45, 2.75) is 38.6 Å². The van der Waals surface area contributed by atoms with Gasteiger partial charge in [-0.3, -0.25) is 4.79 Å². The number of hydrogen-bond acceptors (Lipinski definition) is 2. The number of halogens is 1. The molecule has 0 aliphatic heterocycles. The highest BCUT2D eigenvalue weighted by Gasteiger charge is 2.27. The lowest BCUT2D eigenvalue weighted by atomic mass is 9.85. The van der Waals surface area contributed by atoms with Gasteiger partial charge in [0.15, 0.2) is 0 Å². The SMILES string of the molecule is Cc1cc(N(C)C(=O)C2CCC(N)CC2)ccc1F. The number of nitrogens with two attached hydrogens (primary N) is 1. The number of rotatable bonds is 2. The third kappa shape index (κ3) is 3.13. The van der Waals surface area contributed by atoms with Gasteiger partial charge in [0.25, 0.3) is 0 Å². The molecule has 0 heterocycles. The fraction of sp³-hybridized carbons (Fsp3) is 0.533. The third-order valence-electron chi connectivity index (χ3n) is 3.98. The Morgan fingerprint density at radius 1 is 1.32 bits per heavy atom. The van der Waals surface area contributed by atoms with Crippen LogP contribution in [0.15, 0.2) is 18.2 Å². The average Bonchev–Trinajstić information content (AvgIpc) is 2.41. The molecule has 2 N–H and O–H groups in total. The lowest BCUT2D eigenvalue weighted by Gasteiger charge is -2.29. The first-order valence-corrected chi connectivity index (χ1v) is 6.78. The fourth-order valence-electron chi connectivity index (χ4n) is 2.60. The van der Waals surface area contributed by atoms with Gasteiger partial charge < -0.3 is 10.6 Å². The van der Waals surface area contributed by atoms with Crippen molar-refractivity contribution in [3.63, 3.8) is 0 Å². The quantitative estimate of drug-likeness (QED) is 0.892. The molecular formula is C15H21FN2O. The standard InChI is InChI=1S/C15H21FN2O/c1-10-9-13(7-8-14(10)16)18(2)15(19)11-3-5-12(17)6-4-11/h7-9,11-12H,3-6,17H2,1-2H3. The van der Waals surface area contributed by atoms with Crippen LogP contribution in [0, 0.1) is 18.7 Å². The summed E-state index contributed by atoms with van der Waals surface area (Å²) >= 11 is 0. The topological polar surface area (TPSA) is 46.3 Å². The summed E-state index contributed by atoms with van der Waals surface area (Å²) in [6.07, 6.45) is 3.52. The zero-order chi connectivity index (χ0) is 14.0. The summed E-state index contributed by atoms with van der Waals surface area (Å²) in [5.41, 5.74) is 7.16. The average molecular weight is 264 g/mol. The second-order valence-electron chi connectivity index (χ2n) is 5.44. The lowest BCUT2D eigenvalue weighted by Crippen LogP contribution is -2.37. The predicted molar refractivity (Wildman–Crippen MR) is 74.5 cm³/mol. The van der Waals surface area contributed by atoms with E-state index in [0.717, 1.165) is 31.4 Å². The van der Waals surface area contributed by atoms with Crippen LogP contribution in [0.2, 0.25) is 0 Å². The van der Waals surface area contributed by atoms with Crippen LogP contribution < -0.4 is 10.6 Å². The van der Waals surface area contributed by atoms with Crippen LogP contribution in [0.4, 0.5) is 10.1 Å². The minimum atomic E-state index is -0.242. The highest BCUT2D eigenvalue weighted by Crippen LogP contribution is 2.27. The summed E-state index contributed by atoms with van der Waals surface area (Å²) < 4.78 is 13.2. The molecule has 104 valence electrons. The van der Waals surface area contributed by atoms with E-state index in [4.69, 9.17) is 5.73 Å². The smallest absolute Gasteiger partial charge is 0.229 e. The van der Waals surface area contributed by atoms with Gasteiger partial charge in [0.2, 0.25) is 5.91 Å². The van der Waals surface area contributed by atoms with Crippen LogP contribution in [-0.4, -0.2) is 19.0 Å². The molecule has 1 aromatic carbocycles. The summed E-state index contributed by atoms with van der Waals surface area (Å²) in [5.74, 6) is -0.0821. The van der Waals surface area contributed by atoms with Crippen molar-refractivity contribution >= 4 is 11.6 Å². The van der Waals surface area contributed by atoms with Crippen molar-refractivity contribution in [3.8, 4) is 0 Å². The highest BCUT2D eigenvalue weighted by molar-refractivity contribution is 5.94. The first-order chi connectivity index (χ1) is 8.99. The minimum absolute atomic E-state index is 0.0511. The van der Waals surface area contributed by atoms with E-state index in [0.29, 0.717) is 5.56 Å². The number of nitrogens with zero attached hydrogens (tertiary/aromatic N) is 1. The van der Waals surface area contributed by atoms with E-state index in [-0.39, 0.29) is 23.7 Å². The number of carbonyl (C=O) groups is 1. The molecule has 1 aromatic rings. The molecular weight excluding hydrogens is 243 g/mol. The van der Waals surface area contributed by atoms with Crippen molar-refractivity contribution in [1.82, 2.24) is 0 Å². The van der Waals surface area contributed by atoms with Crippen molar-refractivity contribution in [1.29, 1.82) is 0 Å². The Labute approximate surface area is 113 Å². The molecule has 1 aliphatic rings. The van der Waals surface area contributed by atoms with Gasteiger partial charge in [-0.1, -0.05) is 0 Å². The van der Waals surface area contributed by atoms with Gasteiger partial charge in [0, 0.05) is 24.7 Å². The number of carbonyl (C=O) groups excluding carboxylic acids is 1. The summed E-state index contributed by atoms with van der Waals surface area (Å²) in [4.78, 5) is 14.0. The van der Waals surface area contributed by atoms with Crippen molar-refractivity contribution in [2.75, 3.05) is 11.9 Å². The summed E-state index contributed by atoms with van der Waals surface area (Å²) in [6.45, 7) is 1.71. The number of anilines is 1. The van der Waals surface area contributed by atoms with Crippen LogP contribution in [0.5, 0.6) is 0 Å². The third-order valence-corrected chi connectivity index (χ3v) is 3.98. The molecule has 3 nitrogen and oxygen atoms in total. The van der Waals surface area contributed by atoms with Crippen molar-refractivity contribution < 1.29 is 9.18 Å². The second-order valence-corrected chi connectivity index (χ2v) is 5.44. The van der Waals surface area contributed by atoms with Crippen LogP contribution in [0.1, 0.15) is 31.2 Å². The maximum absolute atomic E-state index is 13.2. The molecule has 1 amide bonds. The van der Waals surface area contributed by atoms with Crippen LogP contribution in [0.25, 0.3) is 0 Å². The summed E-state index contributed by atoms with van der Waals surface area (Å²) in [6, 6.07) is 5.00. The van der Waals surface area contributed by atoms with E-state index in [1.165, 1.54) is 6.07 Å². The van der Waals surface area contributed by atoms with Crippen molar-refractivity contribution in [2.24, 2.45) is 11.7 Å². The number of hydrogen-bond donors (Lipinski definition) is 1. The molecule has 0 unspecified atom stereocenters. The molecule has 0 saturated heterocycles. The van der Waals surface area contributed by atoms with Gasteiger partial charge in [0.1, 0.15) is 5.82 Å². The molecule has 2 rings (SSSR count). The lowest BCUT2D eigenvalue weighted by molar-refractivity contribution is -0.123. The number of aryl methyl sites for hydroxylation is 1. The van der Waals surface area contributed by atoms with Crippen molar-refractivity contribution in [3.05, 3.63) is 29.6 Å². The first kappa shape index (κ1) is 14.0. The number of amides is 1. The van der Waals surface area contributed by atoms with E-state index >= 15 is 0 Å². The van der Waals surface area contributed by atoms with Crippen LogP contribution in [0.3, 0.4) is 0 Å². The van der Waals surface area contributed by atoms with E-state index in [9.17, 15) is 9.18 Å². The van der Waals surface area contributed by atoms with E-state index in [1.54, 1.807) is 31.0 Å². The molecule has 0 atom stereocenters. The molecule has 0 bridgehead atoms. The van der Waals surface area contributed by atoms with Gasteiger partial charge in [0.05, 0.1) is 0 Å². The Bertz CT molecular complexity index is 467. The zero-order valence-corrected chi connectivity index (χ0v) is 11.5. The molecule has 0 spiro atoms. The summed E-state index contributed by atoms with van der Waals surface area (Å²) in [5, 5.41) is 0. The Balaban J connectivity index is 2.08. The monoisotopic (exact) mass is 264 g/mol. The Hall–Kier alpha value is -1.42. The molecule has 0 radical (unpaired) electrons. The predicted octanol–water partition coefficient (Wildman–Crippen LogP) is 2.61. The van der Waals surface area contributed by atoms with Crippen LogP contribution >= 0.6 is 0 Å².